The lowest BCUT2D eigenvalue weighted by Gasteiger charge is -2.02. The van der Waals surface area contributed by atoms with Crippen LogP contribution in [-0.4, -0.2) is 11.0 Å². The molecule has 0 aliphatic carbocycles. The summed E-state index contributed by atoms with van der Waals surface area (Å²) in [5, 5.41) is 2.50. The lowest BCUT2D eigenvalue weighted by atomic mass is 10.2. The van der Waals surface area contributed by atoms with Gasteiger partial charge in [-0.25, -0.2) is 4.79 Å². The summed E-state index contributed by atoms with van der Waals surface area (Å²) >= 11 is 0. The van der Waals surface area contributed by atoms with E-state index in [0.29, 0.717) is 5.69 Å². The number of nitrogens with two attached hydrogens (primary N) is 1. The summed E-state index contributed by atoms with van der Waals surface area (Å²) in [7, 11) is 0. The Kier molecular flexibility index (Phi) is 3.25. The van der Waals surface area contributed by atoms with Gasteiger partial charge in [-0.2, -0.15) is 0 Å². The molecule has 0 bridgehead atoms. The van der Waals surface area contributed by atoms with Crippen molar-refractivity contribution in [1.29, 1.82) is 0 Å². The summed E-state index contributed by atoms with van der Waals surface area (Å²) in [4.78, 5) is 14.7. The van der Waals surface area contributed by atoms with E-state index >= 15 is 0 Å². The van der Waals surface area contributed by atoms with Crippen LogP contribution < -0.4 is 11.1 Å². The summed E-state index contributed by atoms with van der Waals surface area (Å²) in [5.41, 5.74) is 6.64. The first-order valence-corrected chi connectivity index (χ1v) is 4.23. The molecule has 0 unspecified atom stereocenters. The third kappa shape index (κ3) is 3.11. The molecule has 1 aromatic heterocycles. The lowest BCUT2D eigenvalue weighted by molar-refractivity contribution is 0.259. The van der Waals surface area contributed by atoms with Crippen molar-refractivity contribution in [2.45, 2.75) is 19.8 Å². The fourth-order valence-electron chi connectivity index (χ4n) is 1.09. The zero-order valence-electron chi connectivity index (χ0n) is 7.58. The average molecular weight is 179 g/mol. The number of hydrogen-bond acceptors (Lipinski definition) is 2. The lowest BCUT2D eigenvalue weighted by Crippen LogP contribution is -2.19. The SMILES string of the molecule is CCCc1cc(NC(N)=O)ccn1. The Morgan fingerprint density at radius 3 is 3.08 bits per heavy atom. The number of aryl methyl sites for hydroxylation is 1. The molecule has 4 heteroatoms. The fraction of sp³-hybridized carbons (Fsp3) is 0.333. The summed E-state index contributed by atoms with van der Waals surface area (Å²) in [5.74, 6) is 0. The fourth-order valence-corrected chi connectivity index (χ4v) is 1.09. The van der Waals surface area contributed by atoms with Gasteiger partial charge in [0.15, 0.2) is 0 Å². The van der Waals surface area contributed by atoms with Crippen molar-refractivity contribution in [3.8, 4) is 0 Å². The molecule has 1 heterocycles. The second kappa shape index (κ2) is 4.45. The quantitative estimate of drug-likeness (QED) is 0.738. The highest BCUT2D eigenvalue weighted by Gasteiger charge is 1.97. The van der Waals surface area contributed by atoms with Gasteiger partial charge < -0.3 is 11.1 Å². The molecule has 0 aliphatic rings. The summed E-state index contributed by atoms with van der Waals surface area (Å²) in [6.07, 6.45) is 3.61. The molecule has 0 aromatic carbocycles. The predicted octanol–water partition coefficient (Wildman–Crippen LogP) is 1.52. The van der Waals surface area contributed by atoms with Crippen LogP contribution in [0.3, 0.4) is 0 Å². The van der Waals surface area contributed by atoms with Gasteiger partial charge >= 0.3 is 6.03 Å². The van der Waals surface area contributed by atoms with Crippen molar-refractivity contribution in [3.05, 3.63) is 24.0 Å². The van der Waals surface area contributed by atoms with Gasteiger partial charge in [0.25, 0.3) is 0 Å². The minimum Gasteiger partial charge on any atom is -0.351 e. The molecular formula is C9H13N3O. The van der Waals surface area contributed by atoms with Crippen LogP contribution in [0.2, 0.25) is 0 Å². The number of carbonyl (C=O) groups excluding carboxylic acids is 1. The van der Waals surface area contributed by atoms with E-state index in [1.165, 1.54) is 0 Å². The third-order valence-electron chi connectivity index (χ3n) is 1.59. The normalized spacial score (nSPS) is 9.62. The van der Waals surface area contributed by atoms with Gasteiger partial charge in [0.05, 0.1) is 0 Å². The Labute approximate surface area is 77.2 Å². The molecule has 1 aromatic rings. The molecule has 4 nitrogen and oxygen atoms in total. The number of hydrogen-bond donors (Lipinski definition) is 2. The standard InChI is InChI=1S/C9H13N3O/c1-2-3-7-6-8(4-5-11-7)12-9(10)13/h4-6H,2-3H2,1H3,(H3,10,11,12,13). The Balaban J connectivity index is 2.73. The van der Waals surface area contributed by atoms with Gasteiger partial charge in [-0.3, -0.25) is 4.98 Å². The minimum absolute atomic E-state index is 0.548. The second-order valence-corrected chi connectivity index (χ2v) is 2.78. The molecule has 0 saturated heterocycles. The number of rotatable bonds is 3. The Morgan fingerprint density at radius 1 is 1.69 bits per heavy atom. The van der Waals surface area contributed by atoms with E-state index in [9.17, 15) is 4.79 Å². The van der Waals surface area contributed by atoms with E-state index in [0.717, 1.165) is 18.5 Å². The minimum atomic E-state index is -0.548. The molecule has 0 aliphatic heterocycles. The molecular weight excluding hydrogens is 166 g/mol. The van der Waals surface area contributed by atoms with Crippen LogP contribution in [0.25, 0.3) is 0 Å². The van der Waals surface area contributed by atoms with E-state index in [2.05, 4.69) is 17.2 Å². The molecule has 0 fully saturated rings. The monoisotopic (exact) mass is 179 g/mol. The number of anilines is 1. The van der Waals surface area contributed by atoms with Crippen LogP contribution in [0.15, 0.2) is 18.3 Å². The molecule has 70 valence electrons. The van der Waals surface area contributed by atoms with Gasteiger partial charge in [-0.05, 0) is 18.6 Å². The smallest absolute Gasteiger partial charge is 0.316 e. The highest BCUT2D eigenvalue weighted by atomic mass is 16.2. The maximum Gasteiger partial charge on any atom is 0.316 e. The highest BCUT2D eigenvalue weighted by Crippen LogP contribution is 2.08. The van der Waals surface area contributed by atoms with Crippen molar-refractivity contribution >= 4 is 11.7 Å². The van der Waals surface area contributed by atoms with Gasteiger partial charge in [0, 0.05) is 17.6 Å². The second-order valence-electron chi connectivity index (χ2n) is 2.78. The number of urea groups is 1. The summed E-state index contributed by atoms with van der Waals surface area (Å²) < 4.78 is 0. The van der Waals surface area contributed by atoms with Crippen LogP contribution in [0.5, 0.6) is 0 Å². The van der Waals surface area contributed by atoms with Crippen LogP contribution in [-0.2, 0) is 6.42 Å². The van der Waals surface area contributed by atoms with Crippen molar-refractivity contribution in [3.63, 3.8) is 0 Å². The first-order valence-electron chi connectivity index (χ1n) is 4.23. The average Bonchev–Trinajstić information content (AvgIpc) is 2.04. The Bertz CT molecular complexity index is 299. The van der Waals surface area contributed by atoms with Crippen LogP contribution >= 0.6 is 0 Å². The highest BCUT2D eigenvalue weighted by molar-refractivity contribution is 5.87. The Morgan fingerprint density at radius 2 is 2.46 bits per heavy atom. The van der Waals surface area contributed by atoms with Gasteiger partial charge in [0.2, 0.25) is 0 Å². The van der Waals surface area contributed by atoms with Crippen LogP contribution in [0, 0.1) is 0 Å². The Hall–Kier alpha value is -1.58. The van der Waals surface area contributed by atoms with Crippen molar-refractivity contribution in [1.82, 2.24) is 4.98 Å². The van der Waals surface area contributed by atoms with E-state index in [-0.39, 0.29) is 0 Å². The number of nitrogens with one attached hydrogen (secondary N) is 1. The summed E-state index contributed by atoms with van der Waals surface area (Å²) in [6, 6.07) is 2.99. The first-order chi connectivity index (χ1) is 6.22. The zero-order valence-corrected chi connectivity index (χ0v) is 7.58. The third-order valence-corrected chi connectivity index (χ3v) is 1.59. The summed E-state index contributed by atoms with van der Waals surface area (Å²) in [6.45, 7) is 2.08. The number of amides is 2. The molecule has 0 saturated carbocycles. The van der Waals surface area contributed by atoms with Crippen molar-refractivity contribution < 1.29 is 4.79 Å². The number of carbonyl (C=O) groups is 1. The van der Waals surface area contributed by atoms with E-state index in [1.54, 1.807) is 12.3 Å². The number of aromatic nitrogens is 1. The number of pyridine rings is 1. The van der Waals surface area contributed by atoms with E-state index in [4.69, 9.17) is 5.73 Å². The van der Waals surface area contributed by atoms with Gasteiger partial charge in [0.1, 0.15) is 0 Å². The van der Waals surface area contributed by atoms with Crippen LogP contribution in [0.4, 0.5) is 10.5 Å². The topological polar surface area (TPSA) is 68.0 Å². The van der Waals surface area contributed by atoms with Gasteiger partial charge in [-0.1, -0.05) is 13.3 Å². The predicted molar refractivity (Wildman–Crippen MR) is 51.4 cm³/mol. The van der Waals surface area contributed by atoms with Crippen molar-refractivity contribution in [2.24, 2.45) is 5.73 Å². The molecule has 0 spiro atoms. The number of primary amides is 1. The molecule has 13 heavy (non-hydrogen) atoms. The zero-order chi connectivity index (χ0) is 9.68. The first kappa shape index (κ1) is 9.51. The van der Waals surface area contributed by atoms with E-state index in [1.807, 2.05) is 6.07 Å². The molecule has 0 atom stereocenters. The number of nitrogens with zero attached hydrogens (tertiary/aromatic N) is 1. The molecule has 0 radical (unpaired) electrons. The van der Waals surface area contributed by atoms with Crippen molar-refractivity contribution in [2.75, 3.05) is 5.32 Å². The van der Waals surface area contributed by atoms with E-state index < -0.39 is 6.03 Å². The maximum atomic E-state index is 10.5. The molecule has 1 rings (SSSR count). The molecule has 2 amide bonds. The van der Waals surface area contributed by atoms with Crippen LogP contribution in [0.1, 0.15) is 19.0 Å². The van der Waals surface area contributed by atoms with Gasteiger partial charge in [-0.15, -0.1) is 0 Å². The molecule has 3 N–H and O–H groups in total. The maximum absolute atomic E-state index is 10.5. The largest absolute Gasteiger partial charge is 0.351 e.